The molecule has 316 valence electrons. The molecule has 3 aromatic carbocycles. The molecular formula is C40H26Cl2F6N4O9. The number of anilines is 2. The number of halogens is 8. The maximum Gasteiger partial charge on any atom is 0.573 e. The number of phenols is 2. The summed E-state index contributed by atoms with van der Waals surface area (Å²) in [5.41, 5.74) is -1.93. The summed E-state index contributed by atoms with van der Waals surface area (Å²) in [6.45, 7) is 0. The van der Waals surface area contributed by atoms with E-state index in [1.54, 1.807) is 0 Å². The third-order valence-corrected chi connectivity index (χ3v) is 12.1. The number of phenolic OH excluding ortho intramolecular Hbond substituents is 1. The maximum absolute atomic E-state index is 15.3. The molecule has 0 spiro atoms. The fourth-order valence-corrected chi connectivity index (χ4v) is 9.52. The molecule has 0 bridgehead atoms. The highest BCUT2D eigenvalue weighted by Crippen LogP contribution is 2.65. The second-order valence-electron chi connectivity index (χ2n) is 14.7. The molecule has 4 aliphatic rings. The van der Waals surface area contributed by atoms with E-state index in [1.807, 2.05) is 0 Å². The summed E-state index contributed by atoms with van der Waals surface area (Å²) in [6, 6.07) is 11.5. The normalized spacial score (nSPS) is 24.9. The second kappa shape index (κ2) is 14.4. The van der Waals surface area contributed by atoms with Gasteiger partial charge in [-0.15, -0.1) is 13.2 Å². The molecule has 0 radical (unpaired) electrons. The second-order valence-corrected chi connectivity index (χ2v) is 15.5. The van der Waals surface area contributed by atoms with Crippen molar-refractivity contribution in [3.63, 3.8) is 0 Å². The number of nitrogens with one attached hydrogen (secondary N) is 1. The molecular weight excluding hydrogens is 865 g/mol. The van der Waals surface area contributed by atoms with Gasteiger partial charge in [-0.3, -0.25) is 24.6 Å². The molecule has 6 atom stereocenters. The highest BCUT2D eigenvalue weighted by atomic mass is 35.5. The van der Waals surface area contributed by atoms with E-state index in [-0.39, 0.29) is 33.8 Å². The first-order valence-corrected chi connectivity index (χ1v) is 18.8. The van der Waals surface area contributed by atoms with E-state index in [2.05, 4.69) is 15.1 Å². The van der Waals surface area contributed by atoms with Crippen molar-refractivity contribution >= 4 is 64.3 Å². The van der Waals surface area contributed by atoms with Crippen molar-refractivity contribution in [2.24, 2.45) is 23.7 Å². The van der Waals surface area contributed by atoms with Crippen molar-refractivity contribution in [2.75, 3.05) is 10.3 Å². The Balaban J connectivity index is 1.32. The third kappa shape index (κ3) is 6.66. The SMILES string of the molecule is O=C(O)c1ccc(N2C(=O)C3CC=C4C(CC5C(=O)N(Nc6ncc(C(F)(F)F)cc6Cl)C(=O)C5(c5ccc(Cl)cc5)C4c4cc(OC(F)(F)F)ccc4O)C3C2=O)cc1O. The zero-order chi connectivity index (χ0) is 44.1. The fourth-order valence-electron chi connectivity index (χ4n) is 9.18. The number of hydrazine groups is 1. The summed E-state index contributed by atoms with van der Waals surface area (Å²) >= 11 is 12.4. The number of carbonyl (C=O) groups excluding carboxylic acids is 4. The number of ether oxygens (including phenoxy) is 1. The summed E-state index contributed by atoms with van der Waals surface area (Å²) in [5.74, 6) is -14.9. The van der Waals surface area contributed by atoms with E-state index >= 15 is 4.79 Å². The van der Waals surface area contributed by atoms with Crippen LogP contribution in [0.5, 0.6) is 17.2 Å². The van der Waals surface area contributed by atoms with Crippen LogP contribution in [0.4, 0.5) is 37.8 Å². The van der Waals surface area contributed by atoms with Gasteiger partial charge < -0.3 is 20.1 Å². The van der Waals surface area contributed by atoms with Gasteiger partial charge >= 0.3 is 18.5 Å². The summed E-state index contributed by atoms with van der Waals surface area (Å²) in [4.78, 5) is 74.7. The van der Waals surface area contributed by atoms with Crippen LogP contribution >= 0.6 is 23.2 Å². The number of imide groups is 2. The van der Waals surface area contributed by atoms with Gasteiger partial charge in [0.2, 0.25) is 11.8 Å². The summed E-state index contributed by atoms with van der Waals surface area (Å²) < 4.78 is 85.6. The monoisotopic (exact) mass is 890 g/mol. The summed E-state index contributed by atoms with van der Waals surface area (Å²) in [7, 11) is 0. The van der Waals surface area contributed by atoms with Crippen molar-refractivity contribution in [1.29, 1.82) is 0 Å². The lowest BCUT2D eigenvalue weighted by Gasteiger charge is -2.50. The van der Waals surface area contributed by atoms with Gasteiger partial charge in [0.15, 0.2) is 5.82 Å². The number of hydrogen-bond donors (Lipinski definition) is 4. The molecule has 3 fully saturated rings. The number of carboxylic acids is 1. The number of benzene rings is 3. The van der Waals surface area contributed by atoms with Crippen LogP contribution in [0.3, 0.4) is 0 Å². The zero-order valence-electron chi connectivity index (χ0n) is 30.5. The molecule has 8 rings (SSSR count). The van der Waals surface area contributed by atoms with E-state index in [0.29, 0.717) is 17.3 Å². The number of carbonyl (C=O) groups is 5. The Hall–Kier alpha value is -6.34. The minimum atomic E-state index is -5.23. The number of fused-ring (bicyclic) bond motifs is 4. The molecule has 1 aromatic heterocycles. The van der Waals surface area contributed by atoms with Crippen LogP contribution in [-0.2, 0) is 30.8 Å². The lowest BCUT2D eigenvalue weighted by Crippen LogP contribution is -2.53. The Morgan fingerprint density at radius 2 is 1.57 bits per heavy atom. The first-order valence-electron chi connectivity index (χ1n) is 18.0. The number of amides is 4. The Morgan fingerprint density at radius 3 is 2.20 bits per heavy atom. The largest absolute Gasteiger partial charge is 0.573 e. The first kappa shape index (κ1) is 41.4. The molecule has 21 heteroatoms. The van der Waals surface area contributed by atoms with Crippen molar-refractivity contribution in [3.8, 4) is 17.2 Å². The van der Waals surface area contributed by atoms with Crippen molar-refractivity contribution in [2.45, 2.75) is 36.7 Å². The average molecular weight is 892 g/mol. The van der Waals surface area contributed by atoms with Gasteiger partial charge in [0.25, 0.3) is 11.8 Å². The number of aromatic carboxylic acids is 1. The van der Waals surface area contributed by atoms with E-state index in [4.69, 9.17) is 23.2 Å². The van der Waals surface area contributed by atoms with Crippen LogP contribution in [0, 0.1) is 23.7 Å². The van der Waals surface area contributed by atoms with Crippen LogP contribution in [-0.4, -0.2) is 61.3 Å². The predicted molar refractivity (Wildman–Crippen MR) is 199 cm³/mol. The van der Waals surface area contributed by atoms with Crippen LogP contribution < -0.4 is 15.1 Å². The number of aromatic nitrogens is 1. The molecule has 6 unspecified atom stereocenters. The number of aromatic hydroxyl groups is 2. The lowest BCUT2D eigenvalue weighted by atomic mass is 9.49. The molecule has 13 nitrogen and oxygen atoms in total. The lowest BCUT2D eigenvalue weighted by molar-refractivity contribution is -0.274. The summed E-state index contributed by atoms with van der Waals surface area (Å²) in [6.07, 6.45) is -8.80. The molecule has 2 aliphatic heterocycles. The molecule has 2 saturated heterocycles. The van der Waals surface area contributed by atoms with Gasteiger partial charge in [0, 0.05) is 28.8 Å². The van der Waals surface area contributed by atoms with E-state index in [0.717, 1.165) is 41.3 Å². The Morgan fingerprint density at radius 1 is 0.869 bits per heavy atom. The third-order valence-electron chi connectivity index (χ3n) is 11.6. The minimum absolute atomic E-state index is 0.0495. The van der Waals surface area contributed by atoms with Crippen LogP contribution in [0.2, 0.25) is 10.0 Å². The van der Waals surface area contributed by atoms with Gasteiger partial charge in [-0.2, -0.15) is 18.2 Å². The molecule has 4 N–H and O–H groups in total. The number of pyridine rings is 1. The predicted octanol–water partition coefficient (Wildman–Crippen LogP) is 7.60. The van der Waals surface area contributed by atoms with Gasteiger partial charge in [0.1, 0.15) is 22.8 Å². The number of alkyl halides is 6. The van der Waals surface area contributed by atoms with Gasteiger partial charge in [-0.1, -0.05) is 47.0 Å². The number of nitrogens with zero attached hydrogens (tertiary/aromatic N) is 3. The van der Waals surface area contributed by atoms with Crippen molar-refractivity contribution in [3.05, 3.63) is 117 Å². The van der Waals surface area contributed by atoms with E-state index in [1.165, 1.54) is 30.3 Å². The summed E-state index contributed by atoms with van der Waals surface area (Å²) in [5, 5.41) is 31.3. The Labute approximate surface area is 348 Å². The van der Waals surface area contributed by atoms with E-state index in [9.17, 15) is 60.8 Å². The minimum Gasteiger partial charge on any atom is -0.508 e. The van der Waals surface area contributed by atoms with Crippen LogP contribution in [0.15, 0.2) is 84.6 Å². The highest BCUT2D eigenvalue weighted by Gasteiger charge is 2.71. The van der Waals surface area contributed by atoms with Gasteiger partial charge in [-0.25, -0.2) is 14.7 Å². The number of carboxylic acid groups (broad SMARTS) is 1. The molecule has 2 aliphatic carbocycles. The molecule has 1 saturated carbocycles. The van der Waals surface area contributed by atoms with Crippen molar-refractivity contribution in [1.82, 2.24) is 9.99 Å². The van der Waals surface area contributed by atoms with Gasteiger partial charge in [-0.05, 0) is 72.9 Å². The smallest absolute Gasteiger partial charge is 0.508 e. The Kier molecular flexibility index (Phi) is 9.77. The molecule has 4 amide bonds. The standard InChI is InChI=1S/C40H26Cl2F6N4O9/c41-18-3-1-16(2-4-18)38-26(34(56)52(37(38)60)50-32-27(42)11-17(15-49-32)39(43,44)45)14-24-21(31(38)25-13-20(6-10-28(25)53)61-40(46,47)48)8-9-23-30(24)35(57)51(33(23)55)19-5-7-22(36(58)59)29(54)12-19/h1-8,10-13,15,23-24,26,30-31,53-54H,9,14H2,(H,49,50)(H,58,59). The quantitative estimate of drug-likeness (QED) is 0.0813. The first-order chi connectivity index (χ1) is 28.6. The molecule has 61 heavy (non-hydrogen) atoms. The number of hydrogen-bond acceptors (Lipinski definition) is 10. The number of allylic oxidation sites excluding steroid dienone is 2. The Bertz CT molecular complexity index is 2610. The molecule has 4 aromatic rings. The van der Waals surface area contributed by atoms with Gasteiger partial charge in [0.05, 0.1) is 39.4 Å². The average Bonchev–Trinajstić information content (AvgIpc) is 3.56. The number of rotatable bonds is 7. The van der Waals surface area contributed by atoms with Crippen LogP contribution in [0.1, 0.15) is 45.8 Å². The fraction of sp³-hybridized carbons (Fsp3) is 0.250. The maximum atomic E-state index is 15.3. The van der Waals surface area contributed by atoms with Crippen molar-refractivity contribution < 1.29 is 70.4 Å². The molecule has 3 heterocycles. The van der Waals surface area contributed by atoms with E-state index < -0.39 is 123 Å². The topological polar surface area (TPSA) is 187 Å². The zero-order valence-corrected chi connectivity index (χ0v) is 32.0. The van der Waals surface area contributed by atoms with Crippen LogP contribution in [0.25, 0.3) is 0 Å². The highest BCUT2D eigenvalue weighted by molar-refractivity contribution is 6.33.